The molecule has 0 unspecified atom stereocenters. The molecule has 1 rings (SSSR count). The minimum atomic E-state index is 0.342. The average Bonchev–Trinajstić information content (AvgIpc) is 2.19. The van der Waals surface area contributed by atoms with Gasteiger partial charge in [-0.05, 0) is 0 Å². The highest BCUT2D eigenvalue weighted by Crippen LogP contribution is 2.06. The van der Waals surface area contributed by atoms with Gasteiger partial charge in [-0.1, -0.05) is 0 Å². The lowest BCUT2D eigenvalue weighted by Gasteiger charge is -2.03. The van der Waals surface area contributed by atoms with E-state index in [1.165, 1.54) is 0 Å². The number of nitrogens with zero attached hydrogens (tertiary/aromatic N) is 2. The number of ether oxygens (including phenoxy) is 2. The van der Waals surface area contributed by atoms with E-state index in [4.69, 9.17) is 21.1 Å². The predicted molar refractivity (Wildman–Crippen MR) is 49.0 cm³/mol. The molecule has 0 radical (unpaired) electrons. The van der Waals surface area contributed by atoms with E-state index >= 15 is 0 Å². The molecule has 0 saturated carbocycles. The van der Waals surface area contributed by atoms with Gasteiger partial charge in [0, 0.05) is 13.3 Å². The van der Waals surface area contributed by atoms with Gasteiger partial charge < -0.3 is 9.47 Å². The van der Waals surface area contributed by atoms with E-state index in [0.717, 1.165) is 0 Å². The van der Waals surface area contributed by atoms with Gasteiger partial charge in [-0.2, -0.15) is 0 Å². The maximum Gasteiger partial charge on any atom is 0.232 e. The van der Waals surface area contributed by atoms with Crippen molar-refractivity contribution in [1.82, 2.24) is 9.97 Å². The highest BCUT2D eigenvalue weighted by atomic mass is 35.5. The van der Waals surface area contributed by atoms with Crippen LogP contribution in [0.2, 0.25) is 0 Å². The predicted octanol–water partition coefficient (Wildman–Crippen LogP) is 1.24. The first-order chi connectivity index (χ1) is 6.36. The Labute approximate surface area is 81.9 Å². The Morgan fingerprint density at radius 2 is 2.23 bits per heavy atom. The molecule has 0 amide bonds. The van der Waals surface area contributed by atoms with E-state index in [1.807, 2.05) is 0 Å². The molecule has 1 aromatic heterocycles. The van der Waals surface area contributed by atoms with Gasteiger partial charge in [0.2, 0.25) is 5.88 Å². The summed E-state index contributed by atoms with van der Waals surface area (Å²) in [6.07, 6.45) is 3.15. The topological polar surface area (TPSA) is 44.2 Å². The largest absolute Gasteiger partial charge is 0.474 e. The number of hydrogen-bond donors (Lipinski definition) is 0. The second kappa shape index (κ2) is 5.72. The van der Waals surface area contributed by atoms with E-state index in [2.05, 4.69) is 9.97 Å². The van der Waals surface area contributed by atoms with Crippen molar-refractivity contribution >= 4 is 11.6 Å². The molecule has 13 heavy (non-hydrogen) atoms. The zero-order valence-electron chi connectivity index (χ0n) is 7.36. The third kappa shape index (κ3) is 3.57. The maximum atomic E-state index is 5.58. The monoisotopic (exact) mass is 202 g/mol. The summed E-state index contributed by atoms with van der Waals surface area (Å²) in [5, 5.41) is 0. The molecule has 0 N–H and O–H groups in total. The van der Waals surface area contributed by atoms with Crippen LogP contribution in [-0.2, 0) is 10.6 Å². The van der Waals surface area contributed by atoms with Gasteiger partial charge in [0.1, 0.15) is 6.61 Å². The number of hydrogen-bond acceptors (Lipinski definition) is 4. The molecule has 0 aliphatic heterocycles. The third-order valence-electron chi connectivity index (χ3n) is 1.34. The summed E-state index contributed by atoms with van der Waals surface area (Å²) >= 11 is 5.58. The number of aromatic nitrogens is 2. The molecule has 0 aliphatic rings. The fourth-order valence-electron chi connectivity index (χ4n) is 0.750. The van der Waals surface area contributed by atoms with Crippen LogP contribution in [0.4, 0.5) is 0 Å². The highest BCUT2D eigenvalue weighted by Gasteiger charge is 1.97. The second-order valence-electron chi connectivity index (χ2n) is 2.32. The Morgan fingerprint density at radius 3 is 2.92 bits per heavy atom. The molecule has 0 saturated heterocycles. The van der Waals surface area contributed by atoms with Crippen molar-refractivity contribution in [3.05, 3.63) is 18.1 Å². The molecule has 4 nitrogen and oxygen atoms in total. The first kappa shape index (κ1) is 10.2. The van der Waals surface area contributed by atoms with Crippen LogP contribution < -0.4 is 4.74 Å². The molecular formula is C8H11ClN2O2. The number of methoxy groups -OCH3 is 1. The third-order valence-corrected chi connectivity index (χ3v) is 1.61. The minimum Gasteiger partial charge on any atom is -0.474 e. The molecular weight excluding hydrogens is 192 g/mol. The van der Waals surface area contributed by atoms with E-state index in [0.29, 0.717) is 30.7 Å². The fraction of sp³-hybridized carbons (Fsp3) is 0.500. The van der Waals surface area contributed by atoms with Crippen LogP contribution in [0, 0.1) is 0 Å². The molecule has 72 valence electrons. The van der Waals surface area contributed by atoms with Gasteiger partial charge in [-0.3, -0.25) is 4.98 Å². The summed E-state index contributed by atoms with van der Waals surface area (Å²) in [5.41, 5.74) is 0.705. The van der Waals surface area contributed by atoms with E-state index in [1.54, 1.807) is 19.5 Å². The molecule has 0 fully saturated rings. The normalized spacial score (nSPS) is 10.0. The van der Waals surface area contributed by atoms with Crippen molar-refractivity contribution < 1.29 is 9.47 Å². The van der Waals surface area contributed by atoms with Crippen molar-refractivity contribution in [3.8, 4) is 5.88 Å². The van der Waals surface area contributed by atoms with Gasteiger partial charge in [0.05, 0.1) is 24.4 Å². The van der Waals surface area contributed by atoms with Crippen LogP contribution >= 0.6 is 11.6 Å². The van der Waals surface area contributed by atoms with Crippen LogP contribution in [0.1, 0.15) is 5.69 Å². The van der Waals surface area contributed by atoms with E-state index < -0.39 is 0 Å². The number of halogens is 1. The Morgan fingerprint density at radius 1 is 1.38 bits per heavy atom. The molecule has 1 heterocycles. The molecule has 0 spiro atoms. The van der Waals surface area contributed by atoms with Crippen molar-refractivity contribution in [3.63, 3.8) is 0 Å². The fourth-order valence-corrected chi connectivity index (χ4v) is 0.879. The van der Waals surface area contributed by atoms with Crippen molar-refractivity contribution in [2.24, 2.45) is 0 Å². The summed E-state index contributed by atoms with van der Waals surface area (Å²) in [7, 11) is 1.62. The van der Waals surface area contributed by atoms with Crippen molar-refractivity contribution in [1.29, 1.82) is 0 Å². The van der Waals surface area contributed by atoms with Crippen LogP contribution in [0.25, 0.3) is 0 Å². The summed E-state index contributed by atoms with van der Waals surface area (Å²) in [6, 6.07) is 0. The molecule has 0 atom stereocenters. The van der Waals surface area contributed by atoms with Crippen molar-refractivity contribution in [2.75, 3.05) is 20.3 Å². The molecule has 0 aromatic carbocycles. The van der Waals surface area contributed by atoms with Crippen LogP contribution in [0.5, 0.6) is 5.88 Å². The summed E-state index contributed by atoms with van der Waals surface area (Å²) in [6.45, 7) is 1.00. The first-order valence-electron chi connectivity index (χ1n) is 3.85. The molecule has 0 aliphatic carbocycles. The minimum absolute atomic E-state index is 0.342. The Kier molecular flexibility index (Phi) is 4.49. The standard InChI is InChI=1S/C8H11ClN2O2/c1-12-2-3-13-8-6-10-5-7(4-9)11-8/h5-6H,2-4H2,1H3. The lowest BCUT2D eigenvalue weighted by molar-refractivity contribution is 0.143. The Balaban J connectivity index is 2.46. The highest BCUT2D eigenvalue weighted by molar-refractivity contribution is 6.16. The van der Waals surface area contributed by atoms with Gasteiger partial charge in [0.25, 0.3) is 0 Å². The van der Waals surface area contributed by atoms with Gasteiger partial charge >= 0.3 is 0 Å². The van der Waals surface area contributed by atoms with Gasteiger partial charge in [0.15, 0.2) is 0 Å². The first-order valence-corrected chi connectivity index (χ1v) is 4.39. The van der Waals surface area contributed by atoms with Crippen LogP contribution in [0.15, 0.2) is 12.4 Å². The second-order valence-corrected chi connectivity index (χ2v) is 2.59. The lowest BCUT2D eigenvalue weighted by Crippen LogP contribution is -2.06. The van der Waals surface area contributed by atoms with Crippen LogP contribution in [-0.4, -0.2) is 30.3 Å². The molecule has 1 aromatic rings. The smallest absolute Gasteiger partial charge is 0.232 e. The lowest BCUT2D eigenvalue weighted by atomic mass is 10.5. The van der Waals surface area contributed by atoms with Gasteiger partial charge in [-0.25, -0.2) is 4.98 Å². The number of rotatable bonds is 5. The maximum absolute atomic E-state index is 5.58. The van der Waals surface area contributed by atoms with E-state index in [9.17, 15) is 0 Å². The van der Waals surface area contributed by atoms with Gasteiger partial charge in [-0.15, -0.1) is 11.6 Å². The summed E-state index contributed by atoms with van der Waals surface area (Å²) < 4.78 is 10.1. The Bertz CT molecular complexity index is 258. The number of alkyl halides is 1. The average molecular weight is 203 g/mol. The Hall–Kier alpha value is -0.870. The van der Waals surface area contributed by atoms with Crippen molar-refractivity contribution in [2.45, 2.75) is 5.88 Å². The summed E-state index contributed by atoms with van der Waals surface area (Å²) in [4.78, 5) is 8.01. The molecule has 5 heteroatoms. The quantitative estimate of drug-likeness (QED) is 0.532. The van der Waals surface area contributed by atoms with Crippen LogP contribution in [0.3, 0.4) is 0 Å². The summed E-state index contributed by atoms with van der Waals surface area (Å²) in [5.74, 6) is 0.823. The SMILES string of the molecule is COCCOc1cncc(CCl)n1. The van der Waals surface area contributed by atoms with E-state index in [-0.39, 0.29) is 0 Å². The zero-order valence-corrected chi connectivity index (χ0v) is 8.12. The molecule has 0 bridgehead atoms. The zero-order chi connectivity index (χ0) is 9.52.